The third-order valence-corrected chi connectivity index (χ3v) is 2.93. The van der Waals surface area contributed by atoms with E-state index >= 15 is 0 Å². The summed E-state index contributed by atoms with van der Waals surface area (Å²) in [6, 6.07) is 9.89. The molecule has 0 atom stereocenters. The van der Waals surface area contributed by atoms with E-state index in [2.05, 4.69) is 11.9 Å². The van der Waals surface area contributed by atoms with Crippen LogP contribution in [0.15, 0.2) is 49.1 Å². The number of ether oxygens (including phenoxy) is 1. The van der Waals surface area contributed by atoms with Crippen molar-refractivity contribution in [3.8, 4) is 11.8 Å². The van der Waals surface area contributed by atoms with Gasteiger partial charge in [-0.3, -0.25) is 4.79 Å². The largest absolute Gasteiger partial charge is 0.488 e. The van der Waals surface area contributed by atoms with Crippen LogP contribution in [0.3, 0.4) is 0 Å². The Morgan fingerprint density at radius 2 is 2.04 bits per heavy atom. The average Bonchev–Trinajstić information content (AvgIpc) is 2.56. The van der Waals surface area contributed by atoms with Gasteiger partial charge in [-0.05, 0) is 42.0 Å². The number of carbonyl (C=O) groups excluding carboxylic acids is 1. The maximum Gasteiger partial charge on any atom is 0.247 e. The van der Waals surface area contributed by atoms with E-state index in [4.69, 9.17) is 10.00 Å². The highest BCUT2D eigenvalue weighted by Gasteiger charge is 2.08. The highest BCUT2D eigenvalue weighted by molar-refractivity contribution is 5.99. The van der Waals surface area contributed by atoms with Crippen molar-refractivity contribution in [2.45, 2.75) is 6.61 Å². The molecule has 2 aromatic carbocycles. The normalized spacial score (nSPS) is 9.78. The van der Waals surface area contributed by atoms with Gasteiger partial charge in [0.05, 0.1) is 5.56 Å². The second-order valence-electron chi connectivity index (χ2n) is 4.55. The van der Waals surface area contributed by atoms with E-state index in [0.717, 1.165) is 18.2 Å². The smallest absolute Gasteiger partial charge is 0.247 e. The van der Waals surface area contributed by atoms with Gasteiger partial charge in [0.25, 0.3) is 0 Å². The molecule has 0 fully saturated rings. The quantitative estimate of drug-likeness (QED) is 0.859. The van der Waals surface area contributed by atoms with Crippen molar-refractivity contribution < 1.29 is 18.3 Å². The number of amides is 1. The van der Waals surface area contributed by atoms with Crippen LogP contribution in [-0.2, 0) is 11.4 Å². The number of benzene rings is 2. The first-order valence-electron chi connectivity index (χ1n) is 6.58. The van der Waals surface area contributed by atoms with Crippen LogP contribution in [0.4, 0.5) is 14.5 Å². The van der Waals surface area contributed by atoms with Crippen molar-refractivity contribution in [1.82, 2.24) is 0 Å². The lowest BCUT2D eigenvalue weighted by Crippen LogP contribution is -2.07. The molecular formula is C17H12F2N2O2. The van der Waals surface area contributed by atoms with E-state index in [9.17, 15) is 13.6 Å². The first-order chi connectivity index (χ1) is 11.0. The molecule has 0 bridgehead atoms. The van der Waals surface area contributed by atoms with Crippen LogP contribution in [0.5, 0.6) is 5.75 Å². The van der Waals surface area contributed by atoms with Crippen molar-refractivity contribution in [2.24, 2.45) is 0 Å². The summed E-state index contributed by atoms with van der Waals surface area (Å²) < 4.78 is 31.4. The van der Waals surface area contributed by atoms with Gasteiger partial charge in [-0.2, -0.15) is 5.26 Å². The van der Waals surface area contributed by atoms with Crippen molar-refractivity contribution in [1.29, 1.82) is 5.26 Å². The lowest BCUT2D eigenvalue weighted by molar-refractivity contribution is -0.111. The van der Waals surface area contributed by atoms with E-state index in [1.165, 1.54) is 18.2 Å². The second kappa shape index (κ2) is 7.18. The number of hydrogen-bond donors (Lipinski definition) is 1. The molecule has 4 nitrogen and oxygen atoms in total. The van der Waals surface area contributed by atoms with Crippen molar-refractivity contribution >= 4 is 11.6 Å². The molecule has 6 heteroatoms. The van der Waals surface area contributed by atoms with Crippen LogP contribution in [0, 0.1) is 23.0 Å². The van der Waals surface area contributed by atoms with Gasteiger partial charge in [0.2, 0.25) is 5.91 Å². The van der Waals surface area contributed by atoms with Crippen LogP contribution < -0.4 is 10.1 Å². The minimum Gasteiger partial charge on any atom is -0.488 e. The maximum absolute atomic E-state index is 13.1. The van der Waals surface area contributed by atoms with E-state index in [1.54, 1.807) is 6.07 Å². The molecule has 0 aliphatic rings. The van der Waals surface area contributed by atoms with Gasteiger partial charge in [0, 0.05) is 5.69 Å². The minimum absolute atomic E-state index is 0.0236. The van der Waals surface area contributed by atoms with E-state index < -0.39 is 17.5 Å². The van der Waals surface area contributed by atoms with Crippen LogP contribution in [0.2, 0.25) is 0 Å². The van der Waals surface area contributed by atoms with E-state index in [0.29, 0.717) is 11.3 Å². The number of nitrogens with zero attached hydrogens (tertiary/aromatic N) is 1. The van der Waals surface area contributed by atoms with E-state index in [-0.39, 0.29) is 17.9 Å². The molecule has 1 N–H and O–H groups in total. The van der Waals surface area contributed by atoms with Crippen molar-refractivity contribution in [3.05, 3.63) is 71.8 Å². The van der Waals surface area contributed by atoms with Gasteiger partial charge in [-0.25, -0.2) is 8.78 Å². The Labute approximate surface area is 131 Å². The van der Waals surface area contributed by atoms with Crippen LogP contribution in [-0.4, -0.2) is 5.91 Å². The van der Waals surface area contributed by atoms with Gasteiger partial charge >= 0.3 is 0 Å². The second-order valence-corrected chi connectivity index (χ2v) is 4.55. The summed E-state index contributed by atoms with van der Waals surface area (Å²) >= 11 is 0. The van der Waals surface area contributed by atoms with Crippen LogP contribution >= 0.6 is 0 Å². The van der Waals surface area contributed by atoms with E-state index in [1.807, 2.05) is 6.07 Å². The van der Waals surface area contributed by atoms with Gasteiger partial charge < -0.3 is 10.1 Å². The Morgan fingerprint density at radius 3 is 2.70 bits per heavy atom. The number of halogens is 2. The molecule has 23 heavy (non-hydrogen) atoms. The fraction of sp³-hybridized carbons (Fsp3) is 0.0588. The Morgan fingerprint density at radius 1 is 1.26 bits per heavy atom. The zero-order valence-electron chi connectivity index (χ0n) is 12.0. The molecule has 0 aliphatic carbocycles. The summed E-state index contributed by atoms with van der Waals surface area (Å²) in [4.78, 5) is 11.2. The number of nitrogens with one attached hydrogen (secondary N) is 1. The summed E-state index contributed by atoms with van der Waals surface area (Å²) in [5.41, 5.74) is 1.05. The fourth-order valence-corrected chi connectivity index (χ4v) is 1.80. The molecule has 2 aromatic rings. The highest BCUT2D eigenvalue weighted by atomic mass is 19.2. The monoisotopic (exact) mass is 314 g/mol. The fourth-order valence-electron chi connectivity index (χ4n) is 1.80. The molecule has 0 saturated heterocycles. The van der Waals surface area contributed by atoms with Gasteiger partial charge in [0.15, 0.2) is 11.6 Å². The molecule has 0 aliphatic heterocycles. The number of carbonyl (C=O) groups is 1. The summed E-state index contributed by atoms with van der Waals surface area (Å²) in [6.45, 7) is 3.31. The number of anilines is 1. The molecule has 0 heterocycles. The third-order valence-electron chi connectivity index (χ3n) is 2.93. The van der Waals surface area contributed by atoms with Crippen LogP contribution in [0.25, 0.3) is 0 Å². The topological polar surface area (TPSA) is 62.1 Å². The first kappa shape index (κ1) is 16.2. The zero-order valence-corrected chi connectivity index (χ0v) is 12.0. The number of hydrogen-bond acceptors (Lipinski definition) is 3. The van der Waals surface area contributed by atoms with Gasteiger partial charge in [0.1, 0.15) is 18.4 Å². The summed E-state index contributed by atoms with van der Waals surface area (Å²) in [6.07, 6.45) is 1.11. The predicted octanol–water partition coefficient (Wildman–Crippen LogP) is 3.54. The Bertz CT molecular complexity index is 798. The molecule has 1 amide bonds. The lowest BCUT2D eigenvalue weighted by Gasteiger charge is -2.10. The molecule has 0 saturated carbocycles. The molecule has 0 aromatic heterocycles. The molecule has 0 spiro atoms. The Balaban J connectivity index is 2.13. The molecule has 0 radical (unpaired) electrons. The lowest BCUT2D eigenvalue weighted by atomic mass is 10.2. The Kier molecular flexibility index (Phi) is 5.05. The SMILES string of the molecule is C=CC(=O)Nc1ccc(OCc2ccc(F)c(F)c2)c(C#N)c1. The number of rotatable bonds is 5. The summed E-state index contributed by atoms with van der Waals surface area (Å²) in [5.74, 6) is -2.03. The minimum atomic E-state index is -0.964. The summed E-state index contributed by atoms with van der Waals surface area (Å²) in [5, 5.41) is 11.7. The van der Waals surface area contributed by atoms with Crippen molar-refractivity contribution in [2.75, 3.05) is 5.32 Å². The predicted molar refractivity (Wildman–Crippen MR) is 80.7 cm³/mol. The Hall–Kier alpha value is -3.20. The average molecular weight is 314 g/mol. The maximum atomic E-state index is 13.1. The van der Waals surface area contributed by atoms with Gasteiger partial charge in [-0.15, -0.1) is 0 Å². The highest BCUT2D eigenvalue weighted by Crippen LogP contribution is 2.23. The van der Waals surface area contributed by atoms with Crippen LogP contribution in [0.1, 0.15) is 11.1 Å². The first-order valence-corrected chi connectivity index (χ1v) is 6.58. The van der Waals surface area contributed by atoms with Gasteiger partial charge in [-0.1, -0.05) is 12.6 Å². The van der Waals surface area contributed by atoms with Crippen molar-refractivity contribution in [3.63, 3.8) is 0 Å². The zero-order chi connectivity index (χ0) is 16.8. The molecule has 116 valence electrons. The molecular weight excluding hydrogens is 302 g/mol. The number of nitriles is 1. The molecule has 0 unspecified atom stereocenters. The third kappa shape index (κ3) is 4.14. The standard InChI is InChI=1S/C17H12F2N2O2/c1-2-17(22)21-13-4-6-16(12(8-13)9-20)23-10-11-3-5-14(18)15(19)7-11/h2-8H,1,10H2,(H,21,22). The molecule has 2 rings (SSSR count). The summed E-state index contributed by atoms with van der Waals surface area (Å²) in [7, 11) is 0.